The van der Waals surface area contributed by atoms with Crippen molar-refractivity contribution in [1.29, 1.82) is 0 Å². The van der Waals surface area contributed by atoms with E-state index in [0.29, 0.717) is 0 Å². The van der Waals surface area contributed by atoms with Crippen molar-refractivity contribution in [2.45, 2.75) is 12.0 Å². The van der Waals surface area contributed by atoms with E-state index < -0.39 is 80.4 Å². The van der Waals surface area contributed by atoms with Crippen LogP contribution in [0.2, 0.25) is 0 Å². The molecular formula is C14H3F9O2. The Balaban J connectivity index is 2.69. The number of benzene rings is 2. The van der Waals surface area contributed by atoms with Crippen molar-refractivity contribution in [1.82, 2.24) is 0 Å². The molecule has 2 nitrogen and oxygen atoms in total. The molecule has 0 radical (unpaired) electrons. The number of aliphatic hydroxyl groups excluding tert-OH is 1. The summed E-state index contributed by atoms with van der Waals surface area (Å²) >= 11 is 0. The first kappa shape index (κ1) is 17.4. The molecule has 0 aromatic heterocycles. The summed E-state index contributed by atoms with van der Waals surface area (Å²) in [6.07, 6.45) is -3.65. The molecule has 2 atom stereocenters. The molecule has 0 saturated heterocycles. The van der Waals surface area contributed by atoms with Crippen molar-refractivity contribution >= 4 is 16.6 Å². The van der Waals surface area contributed by atoms with Crippen molar-refractivity contribution in [3.8, 4) is 0 Å². The van der Waals surface area contributed by atoms with Crippen LogP contribution in [0.5, 0.6) is 0 Å². The van der Waals surface area contributed by atoms with Crippen molar-refractivity contribution in [2.75, 3.05) is 0 Å². The molecule has 25 heavy (non-hydrogen) atoms. The van der Waals surface area contributed by atoms with Crippen molar-refractivity contribution in [2.24, 2.45) is 0 Å². The molecule has 0 saturated carbocycles. The third-order valence-corrected chi connectivity index (χ3v) is 3.77. The van der Waals surface area contributed by atoms with Crippen LogP contribution in [-0.4, -0.2) is 16.4 Å². The number of hydrogen-bond donors (Lipinski definition) is 2. The standard InChI is InChI=1S/C14H3F9O2/c15-5-1-2(8(18)11(21)10(20)7(1)17)6(16)4-3(5)9(19)12(24)13(22)14(4,23)25/h13,24-25H. The topological polar surface area (TPSA) is 40.5 Å². The summed E-state index contributed by atoms with van der Waals surface area (Å²) in [4.78, 5) is 0. The predicted octanol–water partition coefficient (Wildman–Crippen LogP) is 4.34. The summed E-state index contributed by atoms with van der Waals surface area (Å²) in [5.74, 6) is -24.2. The SMILES string of the molecule is OC1=C(F)c2c(c(F)c3c(F)c(F)c(F)c(F)c3c2F)C(O)(F)C1F. The number of fused-ring (bicyclic) bond motifs is 2. The smallest absolute Gasteiger partial charge is 0.275 e. The van der Waals surface area contributed by atoms with Crippen LogP contribution in [-0.2, 0) is 5.85 Å². The van der Waals surface area contributed by atoms with E-state index in [2.05, 4.69) is 0 Å². The zero-order valence-corrected chi connectivity index (χ0v) is 11.4. The second-order valence-corrected chi connectivity index (χ2v) is 5.12. The lowest BCUT2D eigenvalue weighted by Gasteiger charge is -2.30. The minimum atomic E-state index is -4.61. The summed E-state index contributed by atoms with van der Waals surface area (Å²) in [5.41, 5.74) is -4.17. The van der Waals surface area contributed by atoms with Crippen LogP contribution in [0.3, 0.4) is 0 Å². The van der Waals surface area contributed by atoms with E-state index >= 15 is 0 Å². The minimum Gasteiger partial charge on any atom is -0.506 e. The first-order chi connectivity index (χ1) is 11.4. The zero-order chi connectivity index (χ0) is 19.0. The fourth-order valence-electron chi connectivity index (χ4n) is 2.60. The lowest BCUT2D eigenvalue weighted by Crippen LogP contribution is -2.39. The van der Waals surface area contributed by atoms with E-state index in [0.717, 1.165) is 0 Å². The molecule has 2 aromatic rings. The van der Waals surface area contributed by atoms with Gasteiger partial charge in [0.05, 0.1) is 21.9 Å². The van der Waals surface area contributed by atoms with Crippen molar-refractivity contribution < 1.29 is 49.7 Å². The maximum absolute atomic E-state index is 14.4. The van der Waals surface area contributed by atoms with Crippen LogP contribution in [0.15, 0.2) is 5.76 Å². The molecule has 0 bridgehead atoms. The van der Waals surface area contributed by atoms with E-state index in [4.69, 9.17) is 5.11 Å². The van der Waals surface area contributed by atoms with Gasteiger partial charge in [0.25, 0.3) is 5.85 Å². The number of alkyl halides is 2. The number of aliphatic hydroxyl groups is 2. The Morgan fingerprint density at radius 1 is 0.720 bits per heavy atom. The quantitative estimate of drug-likeness (QED) is 0.409. The molecule has 2 aromatic carbocycles. The second kappa shape index (κ2) is 5.04. The van der Waals surface area contributed by atoms with Gasteiger partial charge in [-0.25, -0.2) is 39.5 Å². The maximum atomic E-state index is 14.4. The Hall–Kier alpha value is -2.43. The Kier molecular flexibility index (Phi) is 3.50. The van der Waals surface area contributed by atoms with Crippen LogP contribution in [0.1, 0.15) is 11.1 Å². The van der Waals surface area contributed by atoms with Crippen LogP contribution in [0.4, 0.5) is 39.5 Å². The Labute approximate surface area is 131 Å². The average Bonchev–Trinajstić information content (AvgIpc) is 2.55. The summed E-state index contributed by atoms with van der Waals surface area (Å²) in [6, 6.07) is 0. The van der Waals surface area contributed by atoms with Gasteiger partial charge in [-0.05, 0) is 0 Å². The van der Waals surface area contributed by atoms with E-state index in [-0.39, 0.29) is 0 Å². The van der Waals surface area contributed by atoms with Gasteiger partial charge in [0.2, 0.25) is 6.17 Å². The first-order valence-corrected chi connectivity index (χ1v) is 6.25. The first-order valence-electron chi connectivity index (χ1n) is 6.25. The van der Waals surface area contributed by atoms with Gasteiger partial charge in [0.1, 0.15) is 11.6 Å². The fourth-order valence-corrected chi connectivity index (χ4v) is 2.60. The van der Waals surface area contributed by atoms with E-state index in [1.807, 2.05) is 0 Å². The van der Waals surface area contributed by atoms with Gasteiger partial charge in [-0.1, -0.05) is 0 Å². The predicted molar refractivity (Wildman–Crippen MR) is 64.3 cm³/mol. The Bertz CT molecular complexity index is 981. The largest absolute Gasteiger partial charge is 0.506 e. The van der Waals surface area contributed by atoms with Gasteiger partial charge in [0, 0.05) is 0 Å². The molecule has 3 rings (SSSR count). The Morgan fingerprint density at radius 3 is 1.64 bits per heavy atom. The number of rotatable bonds is 0. The van der Waals surface area contributed by atoms with E-state index in [9.17, 15) is 44.6 Å². The number of halogens is 9. The van der Waals surface area contributed by atoms with Crippen molar-refractivity contribution in [3.63, 3.8) is 0 Å². The average molecular weight is 374 g/mol. The summed E-state index contributed by atoms with van der Waals surface area (Å²) in [5, 5.41) is 14.5. The van der Waals surface area contributed by atoms with Crippen LogP contribution < -0.4 is 0 Å². The summed E-state index contributed by atoms with van der Waals surface area (Å²) in [7, 11) is 0. The highest BCUT2D eigenvalue weighted by Crippen LogP contribution is 2.49. The van der Waals surface area contributed by atoms with Gasteiger partial charge >= 0.3 is 0 Å². The lowest BCUT2D eigenvalue weighted by molar-refractivity contribution is -0.152. The number of hydrogen-bond acceptors (Lipinski definition) is 2. The maximum Gasteiger partial charge on any atom is 0.275 e. The molecule has 1 aliphatic carbocycles. The van der Waals surface area contributed by atoms with Crippen LogP contribution >= 0.6 is 0 Å². The molecule has 2 unspecified atom stereocenters. The molecule has 134 valence electrons. The van der Waals surface area contributed by atoms with Gasteiger partial charge in [0.15, 0.2) is 34.9 Å². The molecule has 0 fully saturated rings. The van der Waals surface area contributed by atoms with Gasteiger partial charge in [-0.3, -0.25) is 0 Å². The van der Waals surface area contributed by atoms with Crippen LogP contribution in [0, 0.1) is 34.9 Å². The highest BCUT2D eigenvalue weighted by atomic mass is 19.2. The summed E-state index contributed by atoms with van der Waals surface area (Å²) < 4.78 is 124. The minimum absolute atomic E-state index is 1.95. The molecule has 2 N–H and O–H groups in total. The van der Waals surface area contributed by atoms with Gasteiger partial charge in [-0.15, -0.1) is 0 Å². The summed E-state index contributed by atoms with van der Waals surface area (Å²) in [6.45, 7) is 0. The Morgan fingerprint density at radius 2 is 1.16 bits per heavy atom. The molecule has 0 aliphatic heterocycles. The highest BCUT2D eigenvalue weighted by molar-refractivity contribution is 5.91. The van der Waals surface area contributed by atoms with Crippen LogP contribution in [0.25, 0.3) is 16.6 Å². The monoisotopic (exact) mass is 374 g/mol. The second-order valence-electron chi connectivity index (χ2n) is 5.12. The molecule has 0 amide bonds. The molecular weight excluding hydrogens is 371 g/mol. The molecule has 1 aliphatic rings. The molecule has 0 heterocycles. The molecule has 11 heteroatoms. The molecule has 0 spiro atoms. The lowest BCUT2D eigenvalue weighted by atomic mass is 9.86. The van der Waals surface area contributed by atoms with Gasteiger partial charge in [-0.2, -0.15) is 0 Å². The highest BCUT2D eigenvalue weighted by Gasteiger charge is 2.53. The van der Waals surface area contributed by atoms with E-state index in [1.165, 1.54) is 0 Å². The normalized spacial score (nSPS) is 23.4. The zero-order valence-electron chi connectivity index (χ0n) is 11.4. The fraction of sp³-hybridized carbons (Fsp3) is 0.143. The third-order valence-electron chi connectivity index (χ3n) is 3.77. The van der Waals surface area contributed by atoms with E-state index in [1.54, 1.807) is 0 Å². The van der Waals surface area contributed by atoms with Gasteiger partial charge < -0.3 is 10.2 Å². The third kappa shape index (κ3) is 1.92. The van der Waals surface area contributed by atoms with Crippen molar-refractivity contribution in [3.05, 3.63) is 51.8 Å².